The molecule has 0 aromatic carbocycles. The molecule has 2 N–H and O–H groups in total. The van der Waals surface area contributed by atoms with E-state index in [0.29, 0.717) is 10.7 Å². The molecule has 0 fully saturated rings. The van der Waals surface area contributed by atoms with Gasteiger partial charge in [0.15, 0.2) is 5.78 Å². The van der Waals surface area contributed by atoms with Crippen molar-refractivity contribution >= 4 is 29.1 Å². The number of nitrogens with zero attached hydrogens (tertiary/aromatic N) is 2. The second kappa shape index (κ2) is 6.70. The summed E-state index contributed by atoms with van der Waals surface area (Å²) >= 11 is 5.66. The number of esters is 1. The van der Waals surface area contributed by atoms with E-state index in [0.717, 1.165) is 0 Å². The third-order valence-corrected chi connectivity index (χ3v) is 2.22. The van der Waals surface area contributed by atoms with Crippen LogP contribution in [-0.4, -0.2) is 29.1 Å². The van der Waals surface area contributed by atoms with Crippen LogP contribution in [0.15, 0.2) is 23.4 Å². The summed E-state index contributed by atoms with van der Waals surface area (Å²) in [5.74, 6) is 3.62. The minimum absolute atomic E-state index is 0.0913. The molecule has 0 amide bonds. The lowest BCUT2D eigenvalue weighted by Gasteiger charge is -2.03. The van der Waals surface area contributed by atoms with Gasteiger partial charge in [-0.25, -0.2) is 4.79 Å². The van der Waals surface area contributed by atoms with Gasteiger partial charge in [0, 0.05) is 11.9 Å². The Balaban J connectivity index is 2.75. The second-order valence-electron chi connectivity index (χ2n) is 3.27. The summed E-state index contributed by atoms with van der Waals surface area (Å²) < 4.78 is 4.66. The fourth-order valence-electron chi connectivity index (χ4n) is 1.20. The van der Waals surface area contributed by atoms with E-state index in [1.807, 2.05) is 0 Å². The zero-order valence-electron chi connectivity index (χ0n) is 9.72. The lowest BCUT2D eigenvalue weighted by atomic mass is 10.1. The van der Waals surface area contributed by atoms with Crippen LogP contribution < -0.4 is 5.84 Å². The molecular weight excluding hydrogens is 258 g/mol. The van der Waals surface area contributed by atoms with Crippen molar-refractivity contribution in [3.63, 3.8) is 0 Å². The maximum atomic E-state index is 11.8. The van der Waals surface area contributed by atoms with Gasteiger partial charge in [0.1, 0.15) is 0 Å². The lowest BCUT2D eigenvalue weighted by molar-refractivity contribution is -0.135. The molecule has 18 heavy (non-hydrogen) atoms. The van der Waals surface area contributed by atoms with Crippen LogP contribution in [0.3, 0.4) is 0 Å². The Morgan fingerprint density at radius 2 is 2.22 bits per heavy atom. The molecule has 0 aliphatic rings. The Labute approximate surface area is 109 Å². The second-order valence-corrected chi connectivity index (χ2v) is 3.70. The Kier molecular flexibility index (Phi) is 5.26. The van der Waals surface area contributed by atoms with Crippen molar-refractivity contribution < 1.29 is 14.3 Å². The molecule has 1 heterocycles. The van der Waals surface area contributed by atoms with Crippen LogP contribution in [0.2, 0.25) is 5.02 Å². The number of nitrogens with two attached hydrogens (primary N) is 1. The Hall–Kier alpha value is -1.95. The number of Topliss-reactive ketones (excluding diaryl/α,β-unsaturated/α-hetero) is 1. The summed E-state index contributed by atoms with van der Waals surface area (Å²) in [6.07, 6.45) is 1.32. The SMILES string of the molecule is CCOC(=O)C(=NN)C(=O)Cc1ccc(Cl)cn1. The summed E-state index contributed by atoms with van der Waals surface area (Å²) in [5, 5.41) is 3.62. The zero-order chi connectivity index (χ0) is 13.5. The molecule has 0 atom stereocenters. The molecule has 0 radical (unpaired) electrons. The summed E-state index contributed by atoms with van der Waals surface area (Å²) in [6.45, 7) is 1.77. The number of halogens is 1. The van der Waals surface area contributed by atoms with E-state index in [-0.39, 0.29) is 13.0 Å². The highest BCUT2D eigenvalue weighted by Gasteiger charge is 2.22. The first-order valence-corrected chi connectivity index (χ1v) is 5.55. The van der Waals surface area contributed by atoms with Crippen molar-refractivity contribution in [2.24, 2.45) is 10.9 Å². The monoisotopic (exact) mass is 269 g/mol. The van der Waals surface area contributed by atoms with Crippen LogP contribution in [-0.2, 0) is 20.7 Å². The number of pyridine rings is 1. The number of carbonyl (C=O) groups is 2. The molecule has 0 aliphatic carbocycles. The first-order chi connectivity index (χ1) is 8.58. The van der Waals surface area contributed by atoms with Gasteiger partial charge in [-0.3, -0.25) is 9.78 Å². The molecule has 7 heteroatoms. The number of hydrogen-bond donors (Lipinski definition) is 1. The molecule has 0 spiro atoms. The number of hydrogen-bond acceptors (Lipinski definition) is 6. The molecular formula is C11H12ClN3O3. The Bertz CT molecular complexity index is 471. The smallest absolute Gasteiger partial charge is 0.362 e. The quantitative estimate of drug-likeness (QED) is 0.279. The maximum absolute atomic E-state index is 11.8. The highest BCUT2D eigenvalue weighted by atomic mass is 35.5. The van der Waals surface area contributed by atoms with E-state index in [1.165, 1.54) is 6.20 Å². The van der Waals surface area contributed by atoms with Crippen molar-refractivity contribution in [3.8, 4) is 0 Å². The number of hydrazone groups is 1. The fourth-order valence-corrected chi connectivity index (χ4v) is 1.31. The van der Waals surface area contributed by atoms with Gasteiger partial charge >= 0.3 is 5.97 Å². The van der Waals surface area contributed by atoms with Crippen LogP contribution in [0.1, 0.15) is 12.6 Å². The fraction of sp³-hybridized carbons (Fsp3) is 0.273. The van der Waals surface area contributed by atoms with Crippen molar-refractivity contribution in [1.82, 2.24) is 4.98 Å². The van der Waals surface area contributed by atoms with Gasteiger partial charge in [-0.15, -0.1) is 0 Å². The minimum atomic E-state index is -0.834. The predicted molar refractivity (Wildman–Crippen MR) is 66.2 cm³/mol. The third-order valence-electron chi connectivity index (χ3n) is 1.99. The summed E-state index contributed by atoms with van der Waals surface area (Å²) in [5.41, 5.74) is 0.0449. The summed E-state index contributed by atoms with van der Waals surface area (Å²) in [6, 6.07) is 3.18. The first-order valence-electron chi connectivity index (χ1n) is 5.17. The van der Waals surface area contributed by atoms with Gasteiger partial charge in [0.25, 0.3) is 0 Å². The van der Waals surface area contributed by atoms with Crippen LogP contribution >= 0.6 is 11.6 Å². The number of carbonyl (C=O) groups excluding carboxylic acids is 2. The molecule has 0 aliphatic heterocycles. The standard InChI is InChI=1S/C11H12ClN3O3/c1-2-18-11(17)10(15-13)9(16)5-8-4-3-7(12)6-14-8/h3-4,6H,2,5,13H2,1H3. The van der Waals surface area contributed by atoms with Gasteiger partial charge < -0.3 is 10.6 Å². The number of rotatable bonds is 5. The molecule has 1 aromatic rings. The highest BCUT2D eigenvalue weighted by molar-refractivity contribution is 6.64. The van der Waals surface area contributed by atoms with Crippen molar-refractivity contribution in [2.45, 2.75) is 13.3 Å². The molecule has 6 nitrogen and oxygen atoms in total. The topological polar surface area (TPSA) is 94.6 Å². The van der Waals surface area contributed by atoms with Gasteiger partial charge in [-0.1, -0.05) is 11.6 Å². The van der Waals surface area contributed by atoms with Crippen LogP contribution in [0, 0.1) is 0 Å². The predicted octanol–water partition coefficient (Wildman–Crippen LogP) is 0.724. The minimum Gasteiger partial charge on any atom is -0.461 e. The molecule has 0 saturated heterocycles. The highest BCUT2D eigenvalue weighted by Crippen LogP contribution is 2.07. The Morgan fingerprint density at radius 1 is 1.50 bits per heavy atom. The van der Waals surface area contributed by atoms with E-state index in [9.17, 15) is 9.59 Å². The summed E-state index contributed by atoms with van der Waals surface area (Å²) in [4.78, 5) is 27.1. The lowest BCUT2D eigenvalue weighted by Crippen LogP contribution is -2.29. The largest absolute Gasteiger partial charge is 0.461 e. The number of aromatic nitrogens is 1. The van der Waals surface area contributed by atoms with E-state index < -0.39 is 17.5 Å². The van der Waals surface area contributed by atoms with Gasteiger partial charge in [0.2, 0.25) is 5.71 Å². The van der Waals surface area contributed by atoms with Gasteiger partial charge in [-0.05, 0) is 19.1 Å². The third kappa shape index (κ3) is 3.81. The Morgan fingerprint density at radius 3 is 2.72 bits per heavy atom. The summed E-state index contributed by atoms with van der Waals surface area (Å²) in [7, 11) is 0. The number of ether oxygens (including phenoxy) is 1. The average molecular weight is 270 g/mol. The molecule has 1 aromatic heterocycles. The molecule has 0 unspecified atom stereocenters. The maximum Gasteiger partial charge on any atom is 0.362 e. The van der Waals surface area contributed by atoms with Crippen LogP contribution in [0.4, 0.5) is 0 Å². The average Bonchev–Trinajstić information content (AvgIpc) is 2.33. The van der Waals surface area contributed by atoms with E-state index >= 15 is 0 Å². The van der Waals surface area contributed by atoms with Crippen molar-refractivity contribution in [3.05, 3.63) is 29.0 Å². The van der Waals surface area contributed by atoms with Crippen LogP contribution in [0.25, 0.3) is 0 Å². The first kappa shape index (κ1) is 14.1. The van der Waals surface area contributed by atoms with Crippen molar-refractivity contribution in [2.75, 3.05) is 6.61 Å². The van der Waals surface area contributed by atoms with Gasteiger partial charge in [0.05, 0.1) is 18.1 Å². The van der Waals surface area contributed by atoms with E-state index in [1.54, 1.807) is 19.1 Å². The molecule has 0 bridgehead atoms. The van der Waals surface area contributed by atoms with Crippen molar-refractivity contribution in [1.29, 1.82) is 0 Å². The molecule has 1 rings (SSSR count). The normalized spacial score (nSPS) is 11.1. The van der Waals surface area contributed by atoms with E-state index in [4.69, 9.17) is 17.4 Å². The molecule has 0 saturated carbocycles. The molecule has 96 valence electrons. The van der Waals surface area contributed by atoms with Crippen LogP contribution in [0.5, 0.6) is 0 Å². The van der Waals surface area contributed by atoms with Gasteiger partial charge in [-0.2, -0.15) is 5.10 Å². The number of ketones is 1. The van der Waals surface area contributed by atoms with E-state index in [2.05, 4.69) is 14.8 Å². The zero-order valence-corrected chi connectivity index (χ0v) is 10.5.